The number of rotatable bonds is 4. The van der Waals surface area contributed by atoms with Gasteiger partial charge < -0.3 is 5.32 Å². The van der Waals surface area contributed by atoms with Crippen LogP contribution in [0.4, 0.5) is 0 Å². The maximum atomic E-state index is 10.8. The molecular weight excluding hydrogens is 162 g/mol. The third kappa shape index (κ3) is 2.70. The highest BCUT2D eigenvalue weighted by Crippen LogP contribution is 2.34. The molecule has 2 unspecified atom stereocenters. The first-order valence-electron chi connectivity index (χ1n) is 4.13. The Morgan fingerprint density at radius 2 is 2.45 bits per heavy atom. The highest BCUT2D eigenvalue weighted by Gasteiger charge is 2.36. The van der Waals surface area contributed by atoms with E-state index in [1.807, 2.05) is 0 Å². The zero-order chi connectivity index (χ0) is 8.27. The fourth-order valence-electron chi connectivity index (χ4n) is 1.36. The molecule has 1 aliphatic carbocycles. The Bertz CT molecular complexity index is 149. The van der Waals surface area contributed by atoms with E-state index in [1.165, 1.54) is 12.8 Å². The molecule has 0 heterocycles. The second kappa shape index (κ2) is 3.96. The van der Waals surface area contributed by atoms with Crippen LogP contribution in [0.5, 0.6) is 0 Å². The third-order valence-electron chi connectivity index (χ3n) is 2.05. The van der Waals surface area contributed by atoms with Crippen molar-refractivity contribution in [3.63, 3.8) is 0 Å². The van der Waals surface area contributed by atoms with E-state index in [-0.39, 0.29) is 11.8 Å². The van der Waals surface area contributed by atoms with E-state index in [4.69, 9.17) is 11.6 Å². The van der Waals surface area contributed by atoms with Crippen molar-refractivity contribution in [2.24, 2.45) is 5.92 Å². The number of nitrogens with one attached hydrogen (secondary N) is 1. The lowest BCUT2D eigenvalue weighted by Crippen LogP contribution is -2.27. The molecule has 0 bridgehead atoms. The van der Waals surface area contributed by atoms with Crippen LogP contribution in [0, 0.1) is 5.92 Å². The average molecular weight is 176 g/mol. The number of carbonyl (C=O) groups excluding carboxylic acids is 1. The predicted octanol–water partition coefficient (Wildman–Crippen LogP) is 1.53. The van der Waals surface area contributed by atoms with Crippen molar-refractivity contribution >= 4 is 17.5 Å². The van der Waals surface area contributed by atoms with E-state index in [1.54, 1.807) is 0 Å². The largest absolute Gasteiger partial charge is 0.352 e. The van der Waals surface area contributed by atoms with Crippen LogP contribution >= 0.6 is 11.6 Å². The van der Waals surface area contributed by atoms with Crippen molar-refractivity contribution < 1.29 is 4.79 Å². The van der Waals surface area contributed by atoms with Gasteiger partial charge in [0.25, 0.3) is 0 Å². The predicted molar refractivity (Wildman–Crippen MR) is 45.7 cm³/mol. The lowest BCUT2D eigenvalue weighted by atomic mass is 10.2. The molecule has 0 radical (unpaired) electrons. The second-order valence-electron chi connectivity index (χ2n) is 3.09. The van der Waals surface area contributed by atoms with Crippen molar-refractivity contribution in [2.75, 3.05) is 5.88 Å². The molecule has 1 fully saturated rings. The van der Waals surface area contributed by atoms with Crippen LogP contribution in [0.2, 0.25) is 0 Å². The molecule has 0 spiro atoms. The minimum absolute atomic E-state index is 0.0322. The second-order valence-corrected chi connectivity index (χ2v) is 3.36. The zero-order valence-corrected chi connectivity index (χ0v) is 7.53. The first-order valence-corrected chi connectivity index (χ1v) is 4.66. The fraction of sp³-hybridized carbons (Fsp3) is 0.875. The Morgan fingerprint density at radius 1 is 1.73 bits per heavy atom. The summed E-state index contributed by atoms with van der Waals surface area (Å²) < 4.78 is 0. The summed E-state index contributed by atoms with van der Waals surface area (Å²) in [4.78, 5) is 10.8. The van der Waals surface area contributed by atoms with Crippen LogP contribution < -0.4 is 5.32 Å². The number of hydrogen-bond acceptors (Lipinski definition) is 1. The average Bonchev–Trinajstić information content (AvgIpc) is 2.69. The minimum atomic E-state index is -0.0322. The number of alkyl halides is 1. The van der Waals surface area contributed by atoms with E-state index in [0.717, 1.165) is 12.3 Å². The first kappa shape index (κ1) is 8.85. The normalized spacial score (nSPS) is 28.2. The van der Waals surface area contributed by atoms with E-state index in [9.17, 15) is 4.79 Å². The number of carbonyl (C=O) groups is 1. The molecule has 0 saturated heterocycles. The molecule has 0 aliphatic heterocycles. The van der Waals surface area contributed by atoms with Gasteiger partial charge in [-0.3, -0.25) is 4.79 Å². The number of halogens is 1. The maximum Gasteiger partial charge on any atom is 0.235 e. The summed E-state index contributed by atoms with van der Waals surface area (Å²) in [6, 6.07) is 0.432. The van der Waals surface area contributed by atoms with Crippen molar-refractivity contribution in [3.8, 4) is 0 Å². The molecular formula is C8H14ClNO. The Labute approximate surface area is 72.3 Å². The molecule has 64 valence electrons. The van der Waals surface area contributed by atoms with Crippen LogP contribution in [0.15, 0.2) is 0 Å². The van der Waals surface area contributed by atoms with Crippen LogP contribution in [0.25, 0.3) is 0 Å². The molecule has 1 aliphatic rings. The molecule has 0 aromatic rings. The Kier molecular flexibility index (Phi) is 3.18. The van der Waals surface area contributed by atoms with Gasteiger partial charge in [-0.15, -0.1) is 11.6 Å². The summed E-state index contributed by atoms with van der Waals surface area (Å²) in [7, 11) is 0. The quantitative estimate of drug-likeness (QED) is 0.646. The monoisotopic (exact) mass is 175 g/mol. The Morgan fingerprint density at radius 3 is 3.00 bits per heavy atom. The number of amides is 1. The molecule has 3 heteroatoms. The molecule has 0 aromatic heterocycles. The molecule has 1 saturated carbocycles. The third-order valence-corrected chi connectivity index (χ3v) is 2.29. The Hall–Kier alpha value is -0.240. The van der Waals surface area contributed by atoms with Crippen molar-refractivity contribution in [3.05, 3.63) is 0 Å². The van der Waals surface area contributed by atoms with Crippen molar-refractivity contribution in [1.82, 2.24) is 5.32 Å². The van der Waals surface area contributed by atoms with Crippen molar-refractivity contribution in [1.29, 1.82) is 0 Å². The van der Waals surface area contributed by atoms with Gasteiger partial charge in [-0.1, -0.05) is 13.3 Å². The van der Waals surface area contributed by atoms with Gasteiger partial charge in [0.15, 0.2) is 0 Å². The summed E-state index contributed by atoms with van der Waals surface area (Å²) in [5.74, 6) is 0.789. The smallest absolute Gasteiger partial charge is 0.235 e. The van der Waals surface area contributed by atoms with Gasteiger partial charge in [-0.2, -0.15) is 0 Å². The van der Waals surface area contributed by atoms with Crippen LogP contribution in [0.1, 0.15) is 26.2 Å². The summed E-state index contributed by atoms with van der Waals surface area (Å²) in [6.45, 7) is 2.17. The highest BCUT2D eigenvalue weighted by molar-refractivity contribution is 6.27. The van der Waals surface area contributed by atoms with Gasteiger partial charge in [0.2, 0.25) is 5.91 Å². The van der Waals surface area contributed by atoms with Crippen LogP contribution in [0.3, 0.4) is 0 Å². The minimum Gasteiger partial charge on any atom is -0.352 e. The van der Waals surface area contributed by atoms with Gasteiger partial charge in [0, 0.05) is 6.04 Å². The fourth-order valence-corrected chi connectivity index (χ4v) is 1.44. The van der Waals surface area contributed by atoms with E-state index in [2.05, 4.69) is 12.2 Å². The standard InChI is InChI=1S/C8H14ClNO/c1-2-3-6-4-7(6)10-8(11)5-9/h6-7H,2-5H2,1H3,(H,10,11). The molecule has 1 rings (SSSR count). The first-order chi connectivity index (χ1) is 5.27. The molecule has 0 aromatic carbocycles. The Balaban J connectivity index is 2.08. The lowest BCUT2D eigenvalue weighted by molar-refractivity contribution is -0.118. The summed E-state index contributed by atoms with van der Waals surface area (Å²) in [5, 5.41) is 2.87. The topological polar surface area (TPSA) is 29.1 Å². The van der Waals surface area contributed by atoms with Gasteiger partial charge in [-0.25, -0.2) is 0 Å². The maximum absolute atomic E-state index is 10.8. The van der Waals surface area contributed by atoms with Crippen molar-refractivity contribution in [2.45, 2.75) is 32.2 Å². The van der Waals surface area contributed by atoms with Gasteiger partial charge in [0.1, 0.15) is 5.88 Å². The molecule has 2 atom stereocenters. The molecule has 11 heavy (non-hydrogen) atoms. The van der Waals surface area contributed by atoms with Gasteiger partial charge in [0.05, 0.1) is 0 Å². The van der Waals surface area contributed by atoms with E-state index >= 15 is 0 Å². The van der Waals surface area contributed by atoms with E-state index in [0.29, 0.717) is 6.04 Å². The van der Waals surface area contributed by atoms with Crippen LogP contribution in [-0.2, 0) is 4.79 Å². The summed E-state index contributed by atoms with van der Waals surface area (Å²) in [5.41, 5.74) is 0. The SMILES string of the molecule is CCCC1CC1NC(=O)CCl. The highest BCUT2D eigenvalue weighted by atomic mass is 35.5. The summed E-state index contributed by atoms with van der Waals surface area (Å²) in [6.07, 6.45) is 3.58. The zero-order valence-electron chi connectivity index (χ0n) is 6.77. The lowest BCUT2D eigenvalue weighted by Gasteiger charge is -1.99. The summed E-state index contributed by atoms with van der Waals surface area (Å²) >= 11 is 5.34. The molecule has 2 nitrogen and oxygen atoms in total. The van der Waals surface area contributed by atoms with Gasteiger partial charge >= 0.3 is 0 Å². The van der Waals surface area contributed by atoms with Crippen LogP contribution in [-0.4, -0.2) is 17.8 Å². The molecule has 1 amide bonds. The van der Waals surface area contributed by atoms with E-state index < -0.39 is 0 Å². The van der Waals surface area contributed by atoms with Gasteiger partial charge in [-0.05, 0) is 18.8 Å². The molecule has 1 N–H and O–H groups in total. The number of hydrogen-bond donors (Lipinski definition) is 1.